The summed E-state index contributed by atoms with van der Waals surface area (Å²) >= 11 is 0.696. The highest BCUT2D eigenvalue weighted by atomic mass is 32.2. The smallest absolute Gasteiger partial charge is 0.328 e. The molecule has 0 aliphatic carbocycles. The van der Waals surface area contributed by atoms with Gasteiger partial charge >= 0.3 is 6.03 Å². The van der Waals surface area contributed by atoms with Crippen LogP contribution in [0.25, 0.3) is 0 Å². The third-order valence-corrected chi connectivity index (χ3v) is 2.69. The number of urea groups is 1. The monoisotopic (exact) mass is 216 g/mol. The largest absolute Gasteiger partial charge is 0.335 e. The van der Waals surface area contributed by atoms with E-state index in [-0.39, 0.29) is 17.6 Å². The minimum atomic E-state index is -0.496. The first kappa shape index (κ1) is 11.0. The van der Waals surface area contributed by atoms with E-state index in [1.807, 2.05) is 6.92 Å². The molecule has 0 aromatic carbocycles. The van der Waals surface area contributed by atoms with Crippen LogP contribution in [0.3, 0.4) is 0 Å². The molecule has 1 heterocycles. The number of rotatable bonds is 4. The van der Waals surface area contributed by atoms with Gasteiger partial charge in [0.15, 0.2) is 0 Å². The van der Waals surface area contributed by atoms with E-state index in [0.29, 0.717) is 18.4 Å². The Hall–Kier alpha value is -1.04. The van der Waals surface area contributed by atoms with Crippen LogP contribution in [0.5, 0.6) is 0 Å². The first-order chi connectivity index (χ1) is 6.65. The van der Waals surface area contributed by atoms with Crippen molar-refractivity contribution in [2.75, 3.05) is 6.54 Å². The van der Waals surface area contributed by atoms with Gasteiger partial charge < -0.3 is 5.32 Å². The van der Waals surface area contributed by atoms with Crippen LogP contribution in [0, 0.1) is 0 Å². The van der Waals surface area contributed by atoms with Crippen LogP contribution in [0.4, 0.5) is 4.79 Å². The molecular weight excluding hydrogens is 204 g/mol. The molecule has 78 valence electrons. The number of nitrogens with zero attached hydrogens (tertiary/aromatic N) is 1. The zero-order valence-corrected chi connectivity index (χ0v) is 8.73. The van der Waals surface area contributed by atoms with Crippen molar-refractivity contribution in [3.63, 3.8) is 0 Å². The third kappa shape index (κ3) is 2.73. The first-order valence-electron chi connectivity index (χ1n) is 4.46. The molecule has 0 aromatic rings. The fourth-order valence-electron chi connectivity index (χ4n) is 0.969. The molecule has 1 saturated heterocycles. The van der Waals surface area contributed by atoms with Crippen LogP contribution >= 0.6 is 11.9 Å². The van der Waals surface area contributed by atoms with Gasteiger partial charge in [-0.15, -0.1) is 0 Å². The van der Waals surface area contributed by atoms with Gasteiger partial charge in [-0.1, -0.05) is 13.3 Å². The Morgan fingerprint density at radius 1 is 1.57 bits per heavy atom. The van der Waals surface area contributed by atoms with Crippen molar-refractivity contribution >= 4 is 29.0 Å². The van der Waals surface area contributed by atoms with Crippen LogP contribution in [-0.2, 0) is 9.59 Å². The van der Waals surface area contributed by atoms with Gasteiger partial charge in [-0.2, -0.15) is 4.31 Å². The van der Waals surface area contributed by atoms with Gasteiger partial charge in [0.25, 0.3) is 5.91 Å². The molecule has 14 heavy (non-hydrogen) atoms. The summed E-state index contributed by atoms with van der Waals surface area (Å²) in [5.41, 5.74) is 0. The molecule has 1 rings (SSSR count). The van der Waals surface area contributed by atoms with E-state index in [9.17, 15) is 14.4 Å². The summed E-state index contributed by atoms with van der Waals surface area (Å²) in [6.45, 7) is 1.97. The van der Waals surface area contributed by atoms with Crippen LogP contribution in [-0.4, -0.2) is 27.9 Å². The van der Waals surface area contributed by atoms with E-state index in [1.165, 1.54) is 0 Å². The Morgan fingerprint density at radius 2 is 2.29 bits per heavy atom. The zero-order chi connectivity index (χ0) is 10.6. The number of carbonyl (C=O) groups is 3. The number of carbonyl (C=O) groups excluding carboxylic acids is 3. The molecule has 0 atom stereocenters. The van der Waals surface area contributed by atoms with Gasteiger partial charge in [0.1, 0.15) is 6.54 Å². The number of amides is 3. The standard InChI is InChI=1S/C8H12N2O3S/c1-2-3-4-7(12)14-10-6(11)5-9-8(10)13/h2-5H2,1H3,(H,9,13). The van der Waals surface area contributed by atoms with Crippen LogP contribution < -0.4 is 5.32 Å². The minimum Gasteiger partial charge on any atom is -0.328 e. The SMILES string of the molecule is CCCCC(=O)SN1C(=O)CNC1=O. The first-order valence-corrected chi connectivity index (χ1v) is 5.24. The summed E-state index contributed by atoms with van der Waals surface area (Å²) in [6, 6.07) is -0.496. The Morgan fingerprint density at radius 3 is 2.79 bits per heavy atom. The van der Waals surface area contributed by atoms with E-state index in [2.05, 4.69) is 5.32 Å². The molecule has 1 aliphatic heterocycles. The molecule has 1 fully saturated rings. The molecule has 0 aromatic heterocycles. The van der Waals surface area contributed by atoms with Crippen molar-refractivity contribution < 1.29 is 14.4 Å². The van der Waals surface area contributed by atoms with Gasteiger partial charge in [0.2, 0.25) is 5.12 Å². The molecule has 1 aliphatic rings. The van der Waals surface area contributed by atoms with E-state index in [0.717, 1.165) is 17.1 Å². The van der Waals surface area contributed by atoms with Crippen LogP contribution in [0.1, 0.15) is 26.2 Å². The number of hydrogen-bond acceptors (Lipinski definition) is 4. The molecular formula is C8H12N2O3S. The Kier molecular flexibility index (Phi) is 3.94. The molecule has 0 bridgehead atoms. The summed E-state index contributed by atoms with van der Waals surface area (Å²) in [4.78, 5) is 33.3. The predicted molar refractivity (Wildman–Crippen MR) is 52.4 cm³/mol. The van der Waals surface area contributed by atoms with E-state index in [4.69, 9.17) is 0 Å². The third-order valence-electron chi connectivity index (χ3n) is 1.73. The van der Waals surface area contributed by atoms with Gasteiger partial charge in [-0.05, 0) is 6.42 Å². The summed E-state index contributed by atoms with van der Waals surface area (Å²) in [6.07, 6.45) is 2.11. The molecule has 3 amide bonds. The molecule has 1 N–H and O–H groups in total. The number of hydrogen-bond donors (Lipinski definition) is 1. The fourth-order valence-corrected chi connectivity index (χ4v) is 1.72. The normalized spacial score (nSPS) is 15.9. The summed E-state index contributed by atoms with van der Waals surface area (Å²) < 4.78 is 0.887. The number of unbranched alkanes of at least 4 members (excludes halogenated alkanes) is 1. The molecule has 6 heteroatoms. The van der Waals surface area contributed by atoms with Gasteiger partial charge in [-0.25, -0.2) is 4.79 Å². The average molecular weight is 216 g/mol. The van der Waals surface area contributed by atoms with Crippen LogP contribution in [0.15, 0.2) is 0 Å². The summed E-state index contributed by atoms with van der Waals surface area (Å²) in [5.74, 6) is -0.357. The van der Waals surface area contributed by atoms with Crippen molar-refractivity contribution in [2.45, 2.75) is 26.2 Å². The lowest BCUT2D eigenvalue weighted by molar-refractivity contribution is -0.122. The van der Waals surface area contributed by atoms with Gasteiger partial charge in [0.05, 0.1) is 0 Å². The Balaban J connectivity index is 2.39. The lowest BCUT2D eigenvalue weighted by Gasteiger charge is -2.08. The molecule has 0 radical (unpaired) electrons. The second kappa shape index (κ2) is 4.99. The van der Waals surface area contributed by atoms with Crippen molar-refractivity contribution in [2.24, 2.45) is 0 Å². The molecule has 0 spiro atoms. The second-order valence-corrected chi connectivity index (χ2v) is 3.92. The van der Waals surface area contributed by atoms with Gasteiger partial charge in [0, 0.05) is 18.4 Å². The van der Waals surface area contributed by atoms with E-state index >= 15 is 0 Å². The zero-order valence-electron chi connectivity index (χ0n) is 7.91. The summed E-state index contributed by atoms with van der Waals surface area (Å²) in [7, 11) is 0. The Labute approximate surface area is 86.3 Å². The maximum absolute atomic E-state index is 11.2. The highest BCUT2D eigenvalue weighted by Gasteiger charge is 2.31. The highest BCUT2D eigenvalue weighted by molar-refractivity contribution is 8.12. The number of nitrogens with one attached hydrogen (secondary N) is 1. The van der Waals surface area contributed by atoms with Crippen molar-refractivity contribution in [1.29, 1.82) is 0 Å². The van der Waals surface area contributed by atoms with Crippen molar-refractivity contribution in [1.82, 2.24) is 9.62 Å². The molecule has 0 unspecified atom stereocenters. The second-order valence-electron chi connectivity index (χ2n) is 2.91. The minimum absolute atomic E-state index is 0.00705. The quantitative estimate of drug-likeness (QED) is 0.560. The predicted octanol–water partition coefficient (Wildman–Crippen LogP) is 0.903. The lowest BCUT2D eigenvalue weighted by Crippen LogP contribution is -2.25. The van der Waals surface area contributed by atoms with Gasteiger partial charge in [-0.3, -0.25) is 9.59 Å². The maximum atomic E-state index is 11.2. The lowest BCUT2D eigenvalue weighted by atomic mass is 10.3. The fraction of sp³-hybridized carbons (Fsp3) is 0.625. The maximum Gasteiger partial charge on any atom is 0.335 e. The highest BCUT2D eigenvalue weighted by Crippen LogP contribution is 2.17. The average Bonchev–Trinajstić information content (AvgIpc) is 2.46. The van der Waals surface area contributed by atoms with Crippen molar-refractivity contribution in [3.05, 3.63) is 0 Å². The van der Waals surface area contributed by atoms with Crippen molar-refractivity contribution in [3.8, 4) is 0 Å². The van der Waals surface area contributed by atoms with E-state index < -0.39 is 6.03 Å². The van der Waals surface area contributed by atoms with Crippen LogP contribution in [0.2, 0.25) is 0 Å². The number of imide groups is 1. The topological polar surface area (TPSA) is 66.5 Å². The Bertz CT molecular complexity index is 251. The summed E-state index contributed by atoms with van der Waals surface area (Å²) in [5, 5.41) is 2.20. The molecule has 0 saturated carbocycles. The van der Waals surface area contributed by atoms with E-state index in [1.54, 1.807) is 0 Å². The molecule has 5 nitrogen and oxygen atoms in total.